The van der Waals surface area contributed by atoms with Crippen molar-refractivity contribution in [3.8, 4) is 0 Å². The Morgan fingerprint density at radius 1 is 1.50 bits per heavy atom. The Morgan fingerprint density at radius 2 is 2.20 bits per heavy atom. The van der Waals surface area contributed by atoms with Gasteiger partial charge in [-0.1, -0.05) is 13.8 Å². The monoisotopic (exact) mass is 293 g/mol. The first kappa shape index (κ1) is 13.2. The average Bonchev–Trinajstić information content (AvgIpc) is 3.11. The van der Waals surface area contributed by atoms with Gasteiger partial charge in [0.05, 0.1) is 10.7 Å². The molecule has 6 nitrogen and oxygen atoms in total. The van der Waals surface area contributed by atoms with E-state index in [2.05, 4.69) is 10.1 Å². The molecule has 0 aliphatic heterocycles. The van der Waals surface area contributed by atoms with Crippen LogP contribution in [0.5, 0.6) is 0 Å². The van der Waals surface area contributed by atoms with Gasteiger partial charge in [0.1, 0.15) is 16.8 Å². The van der Waals surface area contributed by atoms with E-state index in [1.54, 1.807) is 0 Å². The fourth-order valence-electron chi connectivity index (χ4n) is 2.12. The first-order chi connectivity index (χ1) is 9.47. The minimum Gasteiger partial charge on any atom is -0.480 e. The summed E-state index contributed by atoms with van der Waals surface area (Å²) in [7, 11) is 0. The molecule has 0 bridgehead atoms. The Balaban J connectivity index is 2.24. The van der Waals surface area contributed by atoms with Crippen molar-refractivity contribution < 1.29 is 9.90 Å². The molecule has 1 aliphatic carbocycles. The molecular formula is C13H15N3O3S. The van der Waals surface area contributed by atoms with Gasteiger partial charge in [0.2, 0.25) is 0 Å². The molecule has 7 heteroatoms. The highest BCUT2D eigenvalue weighted by Crippen LogP contribution is 2.43. The summed E-state index contributed by atoms with van der Waals surface area (Å²) < 4.78 is 1.57. The Bertz CT molecular complexity index is 743. The van der Waals surface area contributed by atoms with Gasteiger partial charge in [0.15, 0.2) is 0 Å². The SMILES string of the molecule is CC(C)c1nn(CC(=O)O)c(=O)c2sc(C3CC3)nc12. The standard InChI is InChI=1S/C13H15N3O3S/c1-6(2)9-10-11(20-12(14-10)7-3-4-7)13(19)16(15-9)5-8(17)18/h6-7H,3-5H2,1-2H3,(H,17,18). The maximum absolute atomic E-state index is 12.3. The zero-order valence-corrected chi connectivity index (χ0v) is 12.1. The number of carboxylic acids is 1. The maximum atomic E-state index is 12.3. The van der Waals surface area contributed by atoms with Crippen molar-refractivity contribution in [3.63, 3.8) is 0 Å². The van der Waals surface area contributed by atoms with Crippen molar-refractivity contribution >= 4 is 27.5 Å². The van der Waals surface area contributed by atoms with Crippen LogP contribution in [0.25, 0.3) is 10.2 Å². The molecule has 1 saturated carbocycles. The van der Waals surface area contributed by atoms with Crippen LogP contribution in [0.15, 0.2) is 4.79 Å². The van der Waals surface area contributed by atoms with E-state index in [4.69, 9.17) is 5.11 Å². The first-order valence-corrected chi connectivity index (χ1v) is 7.42. The lowest BCUT2D eigenvalue weighted by atomic mass is 10.1. The number of hydrogen-bond donors (Lipinski definition) is 1. The second-order valence-electron chi connectivity index (χ2n) is 5.40. The number of aliphatic carboxylic acids is 1. The van der Waals surface area contributed by atoms with Crippen LogP contribution in [0.3, 0.4) is 0 Å². The zero-order valence-electron chi connectivity index (χ0n) is 11.3. The molecule has 1 aliphatic rings. The fraction of sp³-hybridized carbons (Fsp3) is 0.538. The van der Waals surface area contributed by atoms with Crippen molar-refractivity contribution in [2.45, 2.75) is 45.1 Å². The van der Waals surface area contributed by atoms with Gasteiger partial charge in [0, 0.05) is 5.92 Å². The van der Waals surface area contributed by atoms with Crippen LogP contribution in [0, 0.1) is 0 Å². The fourth-order valence-corrected chi connectivity index (χ4v) is 3.31. The molecular weight excluding hydrogens is 278 g/mol. The number of carboxylic acid groups (broad SMARTS) is 1. The van der Waals surface area contributed by atoms with Crippen molar-refractivity contribution in [2.24, 2.45) is 0 Å². The number of hydrogen-bond acceptors (Lipinski definition) is 5. The molecule has 0 radical (unpaired) electrons. The smallest absolute Gasteiger partial charge is 0.325 e. The van der Waals surface area contributed by atoms with Crippen molar-refractivity contribution in [1.29, 1.82) is 0 Å². The second kappa shape index (κ2) is 4.66. The molecule has 2 heterocycles. The highest BCUT2D eigenvalue weighted by Gasteiger charge is 2.29. The third-order valence-corrected chi connectivity index (χ3v) is 4.51. The summed E-state index contributed by atoms with van der Waals surface area (Å²) in [4.78, 5) is 27.7. The third-order valence-electron chi connectivity index (χ3n) is 3.30. The van der Waals surface area contributed by atoms with Crippen molar-refractivity contribution in [1.82, 2.24) is 14.8 Å². The molecule has 3 rings (SSSR count). The van der Waals surface area contributed by atoms with E-state index >= 15 is 0 Å². The lowest BCUT2D eigenvalue weighted by Gasteiger charge is -2.08. The predicted molar refractivity (Wildman–Crippen MR) is 75.4 cm³/mol. The molecule has 0 aromatic carbocycles. The topological polar surface area (TPSA) is 85.1 Å². The van der Waals surface area contributed by atoms with E-state index in [9.17, 15) is 9.59 Å². The van der Waals surface area contributed by atoms with Crippen LogP contribution in [-0.2, 0) is 11.3 Å². The van der Waals surface area contributed by atoms with Gasteiger partial charge in [-0.2, -0.15) is 5.10 Å². The number of aromatic nitrogens is 3. The van der Waals surface area contributed by atoms with Crippen LogP contribution >= 0.6 is 11.3 Å². The largest absolute Gasteiger partial charge is 0.480 e. The van der Waals surface area contributed by atoms with Gasteiger partial charge < -0.3 is 5.11 Å². The van der Waals surface area contributed by atoms with Crippen LogP contribution < -0.4 is 5.56 Å². The highest BCUT2D eigenvalue weighted by molar-refractivity contribution is 7.18. The molecule has 0 unspecified atom stereocenters. The summed E-state index contributed by atoms with van der Waals surface area (Å²) in [5.41, 5.74) is 0.999. The normalized spacial score (nSPS) is 15.2. The molecule has 2 aromatic rings. The number of rotatable bonds is 4. The molecule has 1 fully saturated rings. The van der Waals surface area contributed by atoms with Gasteiger partial charge >= 0.3 is 5.97 Å². The minimum atomic E-state index is -1.07. The summed E-state index contributed by atoms with van der Waals surface area (Å²) in [6.45, 7) is 3.52. The molecule has 0 saturated heterocycles. The van der Waals surface area contributed by atoms with Crippen molar-refractivity contribution in [3.05, 3.63) is 21.1 Å². The van der Waals surface area contributed by atoms with Gasteiger partial charge in [-0.05, 0) is 18.8 Å². The number of nitrogens with zero attached hydrogens (tertiary/aromatic N) is 3. The number of thiazole rings is 1. The summed E-state index contributed by atoms with van der Waals surface area (Å²) in [6.07, 6.45) is 2.24. The Hall–Kier alpha value is -1.76. The molecule has 0 amide bonds. The van der Waals surface area contributed by atoms with E-state index in [1.807, 2.05) is 13.8 Å². The first-order valence-electron chi connectivity index (χ1n) is 6.60. The molecule has 106 valence electrons. The summed E-state index contributed by atoms with van der Waals surface area (Å²) in [5, 5.41) is 14.1. The van der Waals surface area contributed by atoms with Crippen molar-refractivity contribution in [2.75, 3.05) is 0 Å². The van der Waals surface area contributed by atoms with Crippen LogP contribution in [0.1, 0.15) is 49.2 Å². The average molecular weight is 293 g/mol. The van der Waals surface area contributed by atoms with E-state index in [1.165, 1.54) is 11.3 Å². The van der Waals surface area contributed by atoms with Gasteiger partial charge in [0.25, 0.3) is 5.56 Å². The Labute approximate surface area is 119 Å². The molecule has 1 N–H and O–H groups in total. The minimum absolute atomic E-state index is 0.0901. The summed E-state index contributed by atoms with van der Waals surface area (Å²) in [5.74, 6) is -0.507. The highest BCUT2D eigenvalue weighted by atomic mass is 32.1. The Kier molecular flexibility index (Phi) is 3.08. The van der Waals surface area contributed by atoms with Crippen LogP contribution in [-0.4, -0.2) is 25.8 Å². The lowest BCUT2D eigenvalue weighted by Crippen LogP contribution is -2.27. The molecule has 20 heavy (non-hydrogen) atoms. The van der Waals surface area contributed by atoms with E-state index in [-0.39, 0.29) is 11.5 Å². The summed E-state index contributed by atoms with van der Waals surface area (Å²) in [6, 6.07) is 0. The quantitative estimate of drug-likeness (QED) is 0.931. The third kappa shape index (κ3) is 2.22. The zero-order chi connectivity index (χ0) is 14.4. The second-order valence-corrected chi connectivity index (χ2v) is 6.43. The molecule has 0 spiro atoms. The number of carbonyl (C=O) groups is 1. The maximum Gasteiger partial charge on any atom is 0.325 e. The van der Waals surface area contributed by atoms with E-state index in [0.717, 1.165) is 22.5 Å². The molecule has 2 aromatic heterocycles. The lowest BCUT2D eigenvalue weighted by molar-refractivity contribution is -0.138. The van der Waals surface area contributed by atoms with Crippen LogP contribution in [0.2, 0.25) is 0 Å². The Morgan fingerprint density at radius 3 is 2.75 bits per heavy atom. The van der Waals surface area contributed by atoms with Gasteiger partial charge in [-0.3, -0.25) is 9.59 Å². The van der Waals surface area contributed by atoms with Gasteiger partial charge in [-0.15, -0.1) is 11.3 Å². The van der Waals surface area contributed by atoms with E-state index < -0.39 is 12.5 Å². The molecule has 0 atom stereocenters. The summed E-state index contributed by atoms with van der Waals surface area (Å²) >= 11 is 1.39. The van der Waals surface area contributed by atoms with Gasteiger partial charge in [-0.25, -0.2) is 9.67 Å². The van der Waals surface area contributed by atoms with E-state index in [0.29, 0.717) is 21.8 Å². The van der Waals surface area contributed by atoms with Crippen LogP contribution in [0.4, 0.5) is 0 Å². The number of fused-ring (bicyclic) bond motifs is 1. The predicted octanol–water partition coefficient (Wildman–Crippen LogP) is 1.94.